The van der Waals surface area contributed by atoms with Crippen molar-refractivity contribution in [1.29, 1.82) is 0 Å². The molecule has 2 aromatic rings. The smallest absolute Gasteiger partial charge is 0.383 e. The molecule has 1 fully saturated rings. The molecule has 9 heteroatoms. The Bertz CT molecular complexity index is 773. The molecule has 2 atom stereocenters. The molecule has 0 bridgehead atoms. The lowest BCUT2D eigenvalue weighted by atomic mass is 9.87. The Kier molecular flexibility index (Phi) is 4.20. The molecule has 2 heterocycles. The number of nitrogens with one attached hydrogen (secondary N) is 2. The summed E-state index contributed by atoms with van der Waals surface area (Å²) in [6.45, 7) is 0.467. The van der Waals surface area contributed by atoms with Gasteiger partial charge in [0.05, 0.1) is 0 Å². The van der Waals surface area contributed by atoms with Crippen molar-refractivity contribution in [1.82, 2.24) is 10.5 Å². The van der Waals surface area contributed by atoms with E-state index in [0.29, 0.717) is 37.3 Å². The van der Waals surface area contributed by atoms with E-state index in [1.165, 1.54) is 6.07 Å². The number of benzene rings is 1. The fourth-order valence-electron chi connectivity index (χ4n) is 2.99. The molecular weight excluding hydrogens is 335 g/mol. The van der Waals surface area contributed by atoms with Crippen LogP contribution in [0.2, 0.25) is 0 Å². The Balaban J connectivity index is 1.87. The predicted molar refractivity (Wildman–Crippen MR) is 73.4 cm³/mol. The number of piperidine rings is 1. The molecule has 1 aliphatic heterocycles. The van der Waals surface area contributed by atoms with Crippen LogP contribution in [0, 0.1) is 11.6 Å². The zero-order valence-corrected chi connectivity index (χ0v) is 12.2. The van der Waals surface area contributed by atoms with Crippen molar-refractivity contribution >= 4 is 0 Å². The molecule has 0 radical (unpaired) electrons. The second-order valence-corrected chi connectivity index (χ2v) is 5.70. The average molecular weight is 348 g/mol. The lowest BCUT2D eigenvalue weighted by Gasteiger charge is -2.29. The third-order valence-corrected chi connectivity index (χ3v) is 4.10. The van der Waals surface area contributed by atoms with Crippen LogP contribution < -0.4 is 10.9 Å². The van der Waals surface area contributed by atoms with Crippen molar-refractivity contribution in [2.75, 3.05) is 6.54 Å². The highest BCUT2D eigenvalue weighted by molar-refractivity contribution is 5.31. The number of H-pyrrole nitrogens is 1. The first-order chi connectivity index (χ1) is 11.3. The summed E-state index contributed by atoms with van der Waals surface area (Å²) in [5.74, 6) is -3.05. The largest absolute Gasteiger partial charge is 0.422 e. The average Bonchev–Trinajstić information content (AvgIpc) is 2.92. The van der Waals surface area contributed by atoms with Gasteiger partial charge in [-0.1, -0.05) is 0 Å². The number of hydrogen-bond acceptors (Lipinski definition) is 3. The van der Waals surface area contributed by atoms with E-state index in [0.717, 1.165) is 0 Å². The molecule has 0 spiro atoms. The molecule has 130 valence electrons. The Hall–Kier alpha value is -2.16. The fourth-order valence-corrected chi connectivity index (χ4v) is 2.99. The molecule has 1 aliphatic rings. The highest BCUT2D eigenvalue weighted by atomic mass is 19.4. The van der Waals surface area contributed by atoms with Crippen LogP contribution in [0.5, 0.6) is 0 Å². The van der Waals surface area contributed by atoms with Crippen LogP contribution in [0.25, 0.3) is 0 Å². The SMILES string of the molecule is O=c1cc([C@H]2CCN[C@@H](c3cc(F)c(C(F)(F)F)c(F)c3)C2)o[nH]1. The zero-order valence-electron chi connectivity index (χ0n) is 12.2. The molecule has 1 aromatic heterocycles. The van der Waals surface area contributed by atoms with Crippen LogP contribution in [-0.2, 0) is 6.18 Å². The summed E-state index contributed by atoms with van der Waals surface area (Å²) in [4.78, 5) is 11.1. The van der Waals surface area contributed by atoms with Crippen LogP contribution in [0.15, 0.2) is 27.5 Å². The predicted octanol–water partition coefficient (Wildman–Crippen LogP) is 3.47. The van der Waals surface area contributed by atoms with Crippen molar-refractivity contribution in [3.8, 4) is 0 Å². The fraction of sp³-hybridized carbons (Fsp3) is 0.400. The van der Waals surface area contributed by atoms with Crippen LogP contribution >= 0.6 is 0 Å². The van der Waals surface area contributed by atoms with Crippen molar-refractivity contribution in [2.45, 2.75) is 31.0 Å². The monoisotopic (exact) mass is 348 g/mol. The normalized spacial score (nSPS) is 21.9. The van der Waals surface area contributed by atoms with Gasteiger partial charge in [-0.25, -0.2) is 8.78 Å². The van der Waals surface area contributed by atoms with Crippen molar-refractivity contribution < 1.29 is 26.5 Å². The second kappa shape index (κ2) is 6.04. The van der Waals surface area contributed by atoms with Gasteiger partial charge < -0.3 is 9.84 Å². The third kappa shape index (κ3) is 3.21. The third-order valence-electron chi connectivity index (χ3n) is 4.10. The highest BCUT2D eigenvalue weighted by Gasteiger charge is 2.38. The first-order valence-electron chi connectivity index (χ1n) is 7.23. The molecule has 0 unspecified atom stereocenters. The first-order valence-corrected chi connectivity index (χ1v) is 7.23. The Morgan fingerprint density at radius 2 is 1.79 bits per heavy atom. The van der Waals surface area contributed by atoms with E-state index in [2.05, 4.69) is 10.5 Å². The van der Waals surface area contributed by atoms with Crippen molar-refractivity contribution in [2.24, 2.45) is 0 Å². The molecule has 1 saturated heterocycles. The van der Waals surface area contributed by atoms with E-state index < -0.39 is 35.0 Å². The van der Waals surface area contributed by atoms with E-state index in [9.17, 15) is 26.7 Å². The maximum atomic E-state index is 13.7. The summed E-state index contributed by atoms with van der Waals surface area (Å²) in [7, 11) is 0. The number of rotatable bonds is 2. The first kappa shape index (κ1) is 16.7. The molecule has 2 N–H and O–H groups in total. The number of aromatic nitrogens is 1. The van der Waals surface area contributed by atoms with Gasteiger partial charge in [0.15, 0.2) is 0 Å². The van der Waals surface area contributed by atoms with Gasteiger partial charge in [-0.05, 0) is 37.1 Å². The van der Waals surface area contributed by atoms with Gasteiger partial charge >= 0.3 is 6.18 Å². The Labute approximate surface area is 132 Å². The standard InChI is InChI=1S/C15H13F5N2O2/c16-9-3-8(4-10(17)14(9)15(18,19)20)11-5-7(1-2-21-11)12-6-13(23)22-24-12/h3-4,6-7,11,21H,1-2,5H2,(H,22,23)/t7-,11+/m0/s1. The quantitative estimate of drug-likeness (QED) is 0.817. The summed E-state index contributed by atoms with van der Waals surface area (Å²) in [5.41, 5.74) is -2.21. The van der Waals surface area contributed by atoms with Crippen LogP contribution in [-0.4, -0.2) is 11.7 Å². The molecule has 24 heavy (non-hydrogen) atoms. The van der Waals surface area contributed by atoms with Crippen molar-refractivity contribution in [3.05, 3.63) is 57.1 Å². The van der Waals surface area contributed by atoms with Gasteiger partial charge in [0.2, 0.25) is 0 Å². The van der Waals surface area contributed by atoms with E-state index >= 15 is 0 Å². The van der Waals surface area contributed by atoms with Crippen LogP contribution in [0.1, 0.15) is 41.7 Å². The number of halogens is 5. The topological polar surface area (TPSA) is 58.0 Å². The molecule has 0 amide bonds. The molecular formula is C15H13F5N2O2. The van der Waals surface area contributed by atoms with E-state index in [1.54, 1.807) is 0 Å². The number of aromatic amines is 1. The minimum atomic E-state index is -5.09. The van der Waals surface area contributed by atoms with Gasteiger partial charge in [-0.3, -0.25) is 4.79 Å². The molecule has 4 nitrogen and oxygen atoms in total. The Morgan fingerprint density at radius 1 is 1.12 bits per heavy atom. The maximum Gasteiger partial charge on any atom is 0.422 e. The summed E-state index contributed by atoms with van der Waals surface area (Å²) < 4.78 is 70.4. The lowest BCUT2D eigenvalue weighted by Crippen LogP contribution is -2.31. The van der Waals surface area contributed by atoms with Gasteiger partial charge in [0, 0.05) is 18.0 Å². The molecule has 1 aromatic carbocycles. The van der Waals surface area contributed by atoms with Gasteiger partial charge in [0.25, 0.3) is 5.56 Å². The zero-order chi connectivity index (χ0) is 17.5. The highest BCUT2D eigenvalue weighted by Crippen LogP contribution is 2.38. The number of alkyl halides is 3. The maximum absolute atomic E-state index is 13.7. The number of hydrogen-bond donors (Lipinski definition) is 2. The van der Waals surface area contributed by atoms with E-state index in [1.807, 2.05) is 0 Å². The molecule has 0 saturated carbocycles. The van der Waals surface area contributed by atoms with Crippen molar-refractivity contribution in [3.63, 3.8) is 0 Å². The van der Waals surface area contributed by atoms with Gasteiger partial charge in [-0.2, -0.15) is 18.3 Å². The summed E-state index contributed by atoms with van der Waals surface area (Å²) >= 11 is 0. The van der Waals surface area contributed by atoms with Gasteiger partial charge in [0.1, 0.15) is 23.0 Å². The minimum absolute atomic E-state index is 0.0839. The van der Waals surface area contributed by atoms with E-state index in [-0.39, 0.29) is 11.5 Å². The summed E-state index contributed by atoms with van der Waals surface area (Å²) in [6.07, 6.45) is -4.13. The summed E-state index contributed by atoms with van der Waals surface area (Å²) in [6, 6.07) is 2.13. The van der Waals surface area contributed by atoms with Crippen LogP contribution in [0.4, 0.5) is 22.0 Å². The molecule has 3 rings (SSSR count). The van der Waals surface area contributed by atoms with E-state index in [4.69, 9.17) is 4.52 Å². The Morgan fingerprint density at radius 3 is 2.33 bits per heavy atom. The lowest BCUT2D eigenvalue weighted by molar-refractivity contribution is -0.142. The van der Waals surface area contributed by atoms with Crippen LogP contribution in [0.3, 0.4) is 0 Å². The molecule has 0 aliphatic carbocycles. The second-order valence-electron chi connectivity index (χ2n) is 5.70. The summed E-state index contributed by atoms with van der Waals surface area (Å²) in [5, 5.41) is 5.18. The van der Waals surface area contributed by atoms with Gasteiger partial charge in [-0.15, -0.1) is 0 Å². The minimum Gasteiger partial charge on any atom is -0.383 e.